The third-order valence-electron chi connectivity index (χ3n) is 7.72. The number of hydrogen-bond acceptors (Lipinski definition) is 3. The molecule has 186 valence electrons. The van der Waals surface area contributed by atoms with Gasteiger partial charge in [-0.2, -0.15) is 5.10 Å². The average Bonchev–Trinajstić information content (AvgIpc) is 3.69. The van der Waals surface area contributed by atoms with Gasteiger partial charge in [0.2, 0.25) is 5.91 Å². The van der Waals surface area contributed by atoms with Gasteiger partial charge in [0.15, 0.2) is 0 Å². The normalized spacial score (nSPS) is 20.3. The molecule has 2 saturated heterocycles. The predicted molar refractivity (Wildman–Crippen MR) is 141 cm³/mol. The zero-order chi connectivity index (χ0) is 24.3. The molecule has 6 nitrogen and oxygen atoms in total. The van der Waals surface area contributed by atoms with Crippen molar-refractivity contribution in [3.63, 3.8) is 0 Å². The van der Waals surface area contributed by atoms with Gasteiger partial charge in [-0.05, 0) is 67.3 Å². The van der Waals surface area contributed by atoms with Crippen LogP contribution in [0.3, 0.4) is 0 Å². The Bertz CT molecular complexity index is 1320. The van der Waals surface area contributed by atoms with Crippen LogP contribution in [-0.4, -0.2) is 44.9 Å². The van der Waals surface area contributed by atoms with Crippen LogP contribution in [0.15, 0.2) is 73.2 Å². The molecule has 0 saturated carbocycles. The van der Waals surface area contributed by atoms with E-state index in [1.54, 1.807) is 0 Å². The van der Waals surface area contributed by atoms with Crippen molar-refractivity contribution in [1.82, 2.24) is 19.2 Å². The lowest BCUT2D eigenvalue weighted by molar-refractivity contribution is -0.130. The van der Waals surface area contributed by atoms with E-state index < -0.39 is 0 Å². The maximum absolute atomic E-state index is 12.8. The van der Waals surface area contributed by atoms with Crippen LogP contribution in [0.4, 0.5) is 0 Å². The molecule has 0 bridgehead atoms. The highest BCUT2D eigenvalue weighted by atomic mass is 16.5. The highest BCUT2D eigenvalue weighted by molar-refractivity contribution is 5.85. The van der Waals surface area contributed by atoms with Crippen molar-refractivity contribution < 1.29 is 9.53 Å². The number of rotatable bonds is 7. The maximum atomic E-state index is 12.8. The molecule has 6 rings (SSSR count). The molecular weight excluding hydrogens is 448 g/mol. The number of hydrogen-bond donors (Lipinski definition) is 0. The fraction of sp³-hybridized carbons (Fsp3) is 0.400. The standard InChI is InChI=1S/C30H34N4O2/c35-29(12-9-23-6-2-1-3-7-23)33-15-13-24(21-33)20-32-16-14-26-18-25(10-11-28(26)32)27-19-31-34(22-27)30-8-4-5-17-36-30/h1-3,6-7,10-11,14,16,18-19,22,24,30H,4-5,8-9,12-13,15,17,20-21H2. The van der Waals surface area contributed by atoms with Gasteiger partial charge in [-0.25, -0.2) is 4.68 Å². The van der Waals surface area contributed by atoms with Crippen molar-refractivity contribution in [2.75, 3.05) is 19.7 Å². The minimum absolute atomic E-state index is 0.0634. The Morgan fingerprint density at radius 3 is 2.81 bits per heavy atom. The summed E-state index contributed by atoms with van der Waals surface area (Å²) >= 11 is 0. The number of fused-ring (bicyclic) bond motifs is 1. The Balaban J connectivity index is 1.08. The number of ether oxygens (including phenoxy) is 1. The monoisotopic (exact) mass is 482 g/mol. The summed E-state index contributed by atoms with van der Waals surface area (Å²) < 4.78 is 10.2. The second-order valence-corrected chi connectivity index (χ2v) is 10.3. The number of carbonyl (C=O) groups is 1. The van der Waals surface area contributed by atoms with Gasteiger partial charge in [-0.1, -0.05) is 36.4 Å². The van der Waals surface area contributed by atoms with Crippen molar-refractivity contribution in [2.45, 2.75) is 51.3 Å². The average molecular weight is 483 g/mol. The molecule has 2 atom stereocenters. The Morgan fingerprint density at radius 2 is 1.94 bits per heavy atom. The van der Waals surface area contributed by atoms with Crippen LogP contribution < -0.4 is 0 Å². The molecule has 1 amide bonds. The van der Waals surface area contributed by atoms with Crippen molar-refractivity contribution in [3.05, 3.63) is 78.8 Å². The summed E-state index contributed by atoms with van der Waals surface area (Å²) in [5, 5.41) is 5.81. The lowest BCUT2D eigenvalue weighted by atomic mass is 10.1. The van der Waals surface area contributed by atoms with Gasteiger partial charge < -0.3 is 14.2 Å². The SMILES string of the molecule is O=C(CCc1ccccc1)N1CCC(Cn2ccc3cc(-c4cnn(C5CCCCO5)c4)ccc32)C1. The molecular formula is C30H34N4O2. The smallest absolute Gasteiger partial charge is 0.222 e. The zero-order valence-corrected chi connectivity index (χ0v) is 20.8. The third kappa shape index (κ3) is 4.96. The second-order valence-electron chi connectivity index (χ2n) is 10.3. The molecule has 2 aliphatic heterocycles. The molecule has 2 fully saturated rings. The number of aromatic nitrogens is 3. The molecule has 4 heterocycles. The van der Waals surface area contributed by atoms with Crippen molar-refractivity contribution in [2.24, 2.45) is 5.92 Å². The Labute approximate surface area is 212 Å². The molecule has 0 N–H and O–H groups in total. The molecule has 0 radical (unpaired) electrons. The molecule has 0 spiro atoms. The van der Waals surface area contributed by atoms with Gasteiger partial charge in [0.1, 0.15) is 6.23 Å². The molecule has 2 aromatic heterocycles. The molecule has 2 aromatic carbocycles. The summed E-state index contributed by atoms with van der Waals surface area (Å²) in [4.78, 5) is 14.8. The van der Waals surface area contributed by atoms with Crippen LogP contribution in [0.25, 0.3) is 22.0 Å². The van der Waals surface area contributed by atoms with Crippen LogP contribution in [-0.2, 0) is 22.5 Å². The van der Waals surface area contributed by atoms with Crippen LogP contribution >= 0.6 is 0 Å². The van der Waals surface area contributed by atoms with E-state index in [2.05, 4.69) is 63.4 Å². The first-order valence-corrected chi connectivity index (χ1v) is 13.3. The van der Waals surface area contributed by atoms with Crippen LogP contribution in [0, 0.1) is 5.92 Å². The largest absolute Gasteiger partial charge is 0.357 e. The molecule has 2 unspecified atom stereocenters. The quantitative estimate of drug-likeness (QED) is 0.340. The molecule has 6 heteroatoms. The molecule has 36 heavy (non-hydrogen) atoms. The second kappa shape index (κ2) is 10.3. The lowest BCUT2D eigenvalue weighted by Crippen LogP contribution is -2.29. The third-order valence-corrected chi connectivity index (χ3v) is 7.72. The van der Waals surface area contributed by atoms with E-state index >= 15 is 0 Å². The fourth-order valence-electron chi connectivity index (χ4n) is 5.66. The van der Waals surface area contributed by atoms with E-state index in [0.29, 0.717) is 12.3 Å². The van der Waals surface area contributed by atoms with E-state index in [-0.39, 0.29) is 12.1 Å². The Kier molecular flexibility index (Phi) is 6.60. The number of aryl methyl sites for hydroxylation is 1. The number of nitrogens with zero attached hydrogens (tertiary/aromatic N) is 4. The first-order chi connectivity index (χ1) is 17.7. The maximum Gasteiger partial charge on any atom is 0.222 e. The predicted octanol–water partition coefficient (Wildman–Crippen LogP) is 5.69. The molecule has 4 aromatic rings. The van der Waals surface area contributed by atoms with E-state index in [9.17, 15) is 4.79 Å². The van der Waals surface area contributed by atoms with Crippen LogP contribution in [0.1, 0.15) is 43.9 Å². The van der Waals surface area contributed by atoms with Gasteiger partial charge in [-0.3, -0.25) is 4.79 Å². The van der Waals surface area contributed by atoms with E-state index in [0.717, 1.165) is 57.5 Å². The number of carbonyl (C=O) groups excluding carboxylic acids is 1. The van der Waals surface area contributed by atoms with Gasteiger partial charge in [0.25, 0.3) is 0 Å². The summed E-state index contributed by atoms with van der Waals surface area (Å²) in [5.41, 5.74) is 4.78. The minimum atomic E-state index is 0.0634. The lowest BCUT2D eigenvalue weighted by Gasteiger charge is -2.22. The van der Waals surface area contributed by atoms with Gasteiger partial charge >= 0.3 is 0 Å². The van der Waals surface area contributed by atoms with E-state index in [1.807, 2.05) is 29.1 Å². The summed E-state index contributed by atoms with van der Waals surface area (Å²) in [6, 6.07) is 19.1. The van der Waals surface area contributed by atoms with Crippen molar-refractivity contribution in [3.8, 4) is 11.1 Å². The Morgan fingerprint density at radius 1 is 1.03 bits per heavy atom. The van der Waals surface area contributed by atoms with E-state index in [4.69, 9.17) is 4.74 Å². The van der Waals surface area contributed by atoms with Gasteiger partial charge in [0.05, 0.1) is 6.20 Å². The van der Waals surface area contributed by atoms with E-state index in [1.165, 1.54) is 28.5 Å². The summed E-state index contributed by atoms with van der Waals surface area (Å²) in [5.74, 6) is 0.775. The summed E-state index contributed by atoms with van der Waals surface area (Å²) in [6.07, 6.45) is 12.1. The first kappa shape index (κ1) is 23.0. The topological polar surface area (TPSA) is 52.3 Å². The highest BCUT2D eigenvalue weighted by Gasteiger charge is 2.26. The number of likely N-dealkylation sites (tertiary alicyclic amines) is 1. The Hall–Kier alpha value is -3.38. The first-order valence-electron chi connectivity index (χ1n) is 13.3. The summed E-state index contributed by atoms with van der Waals surface area (Å²) in [6.45, 7) is 3.49. The minimum Gasteiger partial charge on any atom is -0.357 e. The van der Waals surface area contributed by atoms with Crippen molar-refractivity contribution >= 4 is 16.8 Å². The zero-order valence-electron chi connectivity index (χ0n) is 20.8. The fourth-order valence-corrected chi connectivity index (χ4v) is 5.66. The van der Waals surface area contributed by atoms with Crippen LogP contribution in [0.5, 0.6) is 0 Å². The molecule has 0 aliphatic carbocycles. The summed E-state index contributed by atoms with van der Waals surface area (Å²) in [7, 11) is 0. The highest BCUT2D eigenvalue weighted by Crippen LogP contribution is 2.29. The van der Waals surface area contributed by atoms with Crippen LogP contribution in [0.2, 0.25) is 0 Å². The number of amides is 1. The number of benzene rings is 2. The molecule has 2 aliphatic rings. The van der Waals surface area contributed by atoms with Crippen molar-refractivity contribution in [1.29, 1.82) is 0 Å². The van der Waals surface area contributed by atoms with Gasteiger partial charge in [-0.15, -0.1) is 0 Å². The van der Waals surface area contributed by atoms with Gasteiger partial charge in [0, 0.05) is 61.5 Å².